The number of methoxy groups -OCH3 is 1. The fourth-order valence-corrected chi connectivity index (χ4v) is 1.40. The molecule has 0 fully saturated rings. The van der Waals surface area contributed by atoms with Crippen LogP contribution in [-0.4, -0.2) is 29.1 Å². The molecule has 0 unspecified atom stereocenters. The summed E-state index contributed by atoms with van der Waals surface area (Å²) in [4.78, 5) is 12.3. The van der Waals surface area contributed by atoms with Crippen molar-refractivity contribution in [1.29, 1.82) is 0 Å². The molecule has 1 aromatic heterocycles. The minimum absolute atomic E-state index is 0.241. The molecule has 2 N–H and O–H groups in total. The quantitative estimate of drug-likeness (QED) is 0.884. The van der Waals surface area contributed by atoms with Gasteiger partial charge in [0.2, 0.25) is 11.9 Å². The molecule has 0 bridgehead atoms. The average Bonchev–Trinajstić information content (AvgIpc) is 2.41. The Kier molecular flexibility index (Phi) is 3.78. The lowest BCUT2D eigenvalue weighted by Crippen LogP contribution is -2.05. The molecule has 0 aliphatic carbocycles. The molecule has 2 aromatic rings. The van der Waals surface area contributed by atoms with Crippen LogP contribution in [0.15, 0.2) is 24.3 Å². The largest absolute Gasteiger partial charge is 0.467 e. The van der Waals surface area contributed by atoms with Gasteiger partial charge in [-0.1, -0.05) is 11.6 Å². The lowest BCUT2D eigenvalue weighted by molar-refractivity contribution is 0.379. The minimum Gasteiger partial charge on any atom is -0.467 e. The van der Waals surface area contributed by atoms with Gasteiger partial charge in [-0.2, -0.15) is 15.0 Å². The van der Waals surface area contributed by atoms with Crippen LogP contribution in [0, 0.1) is 0 Å². The summed E-state index contributed by atoms with van der Waals surface area (Å²) in [6.07, 6.45) is 0. The fraction of sp³-hybridized carbons (Fsp3) is 0.182. The molecule has 7 heteroatoms. The summed E-state index contributed by atoms with van der Waals surface area (Å²) in [7, 11) is 3.22. The normalized spacial score (nSPS) is 9.94. The maximum absolute atomic E-state index is 5.81. The van der Waals surface area contributed by atoms with Crippen molar-refractivity contribution in [3.05, 3.63) is 29.3 Å². The Morgan fingerprint density at radius 2 is 1.72 bits per heavy atom. The highest BCUT2D eigenvalue weighted by molar-refractivity contribution is 6.30. The van der Waals surface area contributed by atoms with Crippen LogP contribution in [-0.2, 0) is 0 Å². The van der Waals surface area contributed by atoms with E-state index in [0.717, 1.165) is 5.69 Å². The highest BCUT2D eigenvalue weighted by Gasteiger charge is 2.05. The standard InChI is InChI=1S/C11H12ClN5O/c1-13-9-15-10(17-11(16-9)18-2)14-8-5-3-7(12)4-6-8/h3-6H,1-2H3,(H2,13,14,15,16,17). The molecule has 1 aromatic carbocycles. The fourth-order valence-electron chi connectivity index (χ4n) is 1.28. The summed E-state index contributed by atoms with van der Waals surface area (Å²) in [5.74, 6) is 0.826. The number of hydrogen-bond acceptors (Lipinski definition) is 6. The average molecular weight is 266 g/mol. The number of nitrogens with one attached hydrogen (secondary N) is 2. The van der Waals surface area contributed by atoms with Crippen LogP contribution in [0.2, 0.25) is 5.02 Å². The smallest absolute Gasteiger partial charge is 0.322 e. The first-order valence-electron chi connectivity index (χ1n) is 5.21. The number of rotatable bonds is 4. The second-order valence-electron chi connectivity index (χ2n) is 3.35. The van der Waals surface area contributed by atoms with Gasteiger partial charge in [-0.05, 0) is 24.3 Å². The summed E-state index contributed by atoms with van der Waals surface area (Å²) in [5.41, 5.74) is 0.828. The second-order valence-corrected chi connectivity index (χ2v) is 3.79. The molecular weight excluding hydrogens is 254 g/mol. The van der Waals surface area contributed by atoms with Crippen molar-refractivity contribution in [2.24, 2.45) is 0 Å². The summed E-state index contributed by atoms with van der Waals surface area (Å²) in [5, 5.41) is 6.54. The molecule has 0 atom stereocenters. The van der Waals surface area contributed by atoms with E-state index in [1.807, 2.05) is 12.1 Å². The van der Waals surface area contributed by atoms with Gasteiger partial charge in [0.25, 0.3) is 0 Å². The van der Waals surface area contributed by atoms with Crippen LogP contribution in [0.4, 0.5) is 17.6 Å². The van der Waals surface area contributed by atoms with Gasteiger partial charge in [0.1, 0.15) is 0 Å². The molecule has 94 valence electrons. The minimum atomic E-state index is 0.241. The Balaban J connectivity index is 2.25. The lowest BCUT2D eigenvalue weighted by Gasteiger charge is -2.07. The van der Waals surface area contributed by atoms with E-state index in [-0.39, 0.29) is 6.01 Å². The first-order chi connectivity index (χ1) is 8.71. The lowest BCUT2D eigenvalue weighted by atomic mass is 10.3. The number of ether oxygens (including phenoxy) is 1. The summed E-state index contributed by atoms with van der Waals surface area (Å²) >= 11 is 5.81. The monoisotopic (exact) mass is 265 g/mol. The van der Waals surface area contributed by atoms with Crippen molar-refractivity contribution >= 4 is 29.2 Å². The second kappa shape index (κ2) is 5.50. The molecule has 0 amide bonds. The summed E-state index contributed by atoms with van der Waals surface area (Å²) in [6.45, 7) is 0. The van der Waals surface area contributed by atoms with E-state index in [0.29, 0.717) is 16.9 Å². The number of halogens is 1. The van der Waals surface area contributed by atoms with Crippen LogP contribution in [0.5, 0.6) is 6.01 Å². The van der Waals surface area contributed by atoms with Gasteiger partial charge >= 0.3 is 6.01 Å². The molecule has 18 heavy (non-hydrogen) atoms. The van der Waals surface area contributed by atoms with Crippen LogP contribution in [0.3, 0.4) is 0 Å². The van der Waals surface area contributed by atoms with E-state index in [9.17, 15) is 0 Å². The van der Waals surface area contributed by atoms with Gasteiger partial charge in [-0.15, -0.1) is 0 Å². The molecule has 0 saturated carbocycles. The van der Waals surface area contributed by atoms with Crippen molar-refractivity contribution in [2.75, 3.05) is 24.8 Å². The van der Waals surface area contributed by atoms with E-state index in [4.69, 9.17) is 16.3 Å². The third-order valence-corrected chi connectivity index (χ3v) is 2.37. The van der Waals surface area contributed by atoms with Gasteiger partial charge in [-0.3, -0.25) is 0 Å². The molecule has 0 radical (unpaired) electrons. The molecule has 0 spiro atoms. The highest BCUT2D eigenvalue weighted by Crippen LogP contribution is 2.18. The Labute approximate surface area is 109 Å². The zero-order chi connectivity index (χ0) is 13.0. The van der Waals surface area contributed by atoms with E-state index in [2.05, 4.69) is 25.6 Å². The van der Waals surface area contributed by atoms with Crippen molar-refractivity contribution < 1.29 is 4.74 Å². The van der Waals surface area contributed by atoms with Crippen LogP contribution in [0.1, 0.15) is 0 Å². The van der Waals surface area contributed by atoms with Crippen LogP contribution < -0.4 is 15.4 Å². The maximum atomic E-state index is 5.81. The topological polar surface area (TPSA) is 72.0 Å². The Morgan fingerprint density at radius 3 is 2.33 bits per heavy atom. The van der Waals surface area contributed by atoms with Crippen molar-refractivity contribution in [3.8, 4) is 6.01 Å². The highest BCUT2D eigenvalue weighted by atomic mass is 35.5. The van der Waals surface area contributed by atoms with Crippen LogP contribution in [0.25, 0.3) is 0 Å². The Bertz CT molecular complexity index is 509. The maximum Gasteiger partial charge on any atom is 0.322 e. The Morgan fingerprint density at radius 1 is 1.06 bits per heavy atom. The predicted molar refractivity (Wildman–Crippen MR) is 70.7 cm³/mol. The summed E-state index contributed by atoms with van der Waals surface area (Å²) in [6, 6.07) is 7.46. The van der Waals surface area contributed by atoms with Gasteiger partial charge in [0.15, 0.2) is 0 Å². The molecule has 0 aliphatic rings. The van der Waals surface area contributed by atoms with Gasteiger partial charge in [-0.25, -0.2) is 0 Å². The first-order valence-corrected chi connectivity index (χ1v) is 5.59. The molecule has 2 rings (SSSR count). The zero-order valence-electron chi connectivity index (χ0n) is 9.94. The van der Waals surface area contributed by atoms with Gasteiger partial charge in [0, 0.05) is 17.8 Å². The van der Waals surface area contributed by atoms with Gasteiger partial charge < -0.3 is 15.4 Å². The molecular formula is C11H12ClN5O. The van der Waals surface area contributed by atoms with Gasteiger partial charge in [0.05, 0.1) is 7.11 Å². The number of nitrogens with zero attached hydrogens (tertiary/aromatic N) is 3. The van der Waals surface area contributed by atoms with E-state index < -0.39 is 0 Å². The van der Waals surface area contributed by atoms with E-state index in [1.54, 1.807) is 19.2 Å². The van der Waals surface area contributed by atoms with E-state index >= 15 is 0 Å². The zero-order valence-corrected chi connectivity index (χ0v) is 10.7. The number of anilines is 3. The SMILES string of the molecule is CNc1nc(Nc2ccc(Cl)cc2)nc(OC)n1. The predicted octanol–water partition coefficient (Wildman–Crippen LogP) is 2.32. The van der Waals surface area contributed by atoms with Crippen molar-refractivity contribution in [1.82, 2.24) is 15.0 Å². The number of hydrogen-bond donors (Lipinski definition) is 2. The third-order valence-electron chi connectivity index (χ3n) is 2.12. The number of benzene rings is 1. The first kappa shape index (κ1) is 12.4. The molecule has 1 heterocycles. The number of aromatic nitrogens is 3. The van der Waals surface area contributed by atoms with Crippen LogP contribution >= 0.6 is 11.6 Å². The Hall–Kier alpha value is -2.08. The summed E-state index contributed by atoms with van der Waals surface area (Å²) < 4.78 is 4.99. The molecule has 0 saturated heterocycles. The van der Waals surface area contributed by atoms with E-state index in [1.165, 1.54) is 7.11 Å². The third kappa shape index (κ3) is 2.98. The van der Waals surface area contributed by atoms with Crippen molar-refractivity contribution in [3.63, 3.8) is 0 Å². The van der Waals surface area contributed by atoms with Crippen molar-refractivity contribution in [2.45, 2.75) is 0 Å². The molecule has 6 nitrogen and oxygen atoms in total. The molecule has 0 aliphatic heterocycles.